The van der Waals surface area contributed by atoms with Gasteiger partial charge in [-0.1, -0.05) is 35.3 Å². The zero-order chi connectivity index (χ0) is 19.2. The van der Waals surface area contributed by atoms with Crippen molar-refractivity contribution in [3.8, 4) is 0 Å². The predicted molar refractivity (Wildman–Crippen MR) is 106 cm³/mol. The summed E-state index contributed by atoms with van der Waals surface area (Å²) >= 11 is 12.3. The summed E-state index contributed by atoms with van der Waals surface area (Å²) in [6.45, 7) is 1.06. The number of benzene rings is 2. The molecule has 0 saturated carbocycles. The molecule has 0 aromatic heterocycles. The number of fused-ring (bicyclic) bond motifs is 1. The third-order valence-electron chi connectivity index (χ3n) is 5.51. The van der Waals surface area contributed by atoms with E-state index in [0.717, 1.165) is 5.69 Å². The smallest absolute Gasteiger partial charge is 0.257 e. The summed E-state index contributed by atoms with van der Waals surface area (Å²) in [5, 5.41) is 4.54. The Labute approximate surface area is 167 Å². The maximum atomic E-state index is 12.8. The van der Waals surface area contributed by atoms with E-state index in [1.165, 1.54) is 0 Å². The van der Waals surface area contributed by atoms with Crippen molar-refractivity contribution in [1.29, 1.82) is 0 Å². The SMILES string of the molecule is CN1C(=O)c2ccc(Cl)cc2NC12CCN(C(=O)c1ccccc1Cl)CC2. The summed E-state index contributed by atoms with van der Waals surface area (Å²) in [5.74, 6) is -0.116. The van der Waals surface area contributed by atoms with Crippen molar-refractivity contribution >= 4 is 40.7 Å². The zero-order valence-electron chi connectivity index (χ0n) is 14.8. The van der Waals surface area contributed by atoms with Crippen molar-refractivity contribution in [2.24, 2.45) is 0 Å². The number of halogens is 2. The van der Waals surface area contributed by atoms with Crippen LogP contribution < -0.4 is 5.32 Å². The van der Waals surface area contributed by atoms with E-state index < -0.39 is 5.66 Å². The number of amides is 2. The lowest BCUT2D eigenvalue weighted by molar-refractivity contribution is 0.0347. The minimum absolute atomic E-state index is 0.0358. The average Bonchev–Trinajstić information content (AvgIpc) is 2.66. The van der Waals surface area contributed by atoms with Gasteiger partial charge in [0.1, 0.15) is 5.66 Å². The number of likely N-dealkylation sites (tertiary alicyclic amines) is 1. The van der Waals surface area contributed by atoms with Gasteiger partial charge in [0, 0.05) is 38.0 Å². The fourth-order valence-corrected chi connectivity index (χ4v) is 4.25. The summed E-state index contributed by atoms with van der Waals surface area (Å²) < 4.78 is 0. The predicted octanol–water partition coefficient (Wildman–Crippen LogP) is 4.12. The molecule has 0 atom stereocenters. The molecule has 2 aliphatic rings. The summed E-state index contributed by atoms with van der Waals surface area (Å²) in [4.78, 5) is 29.2. The van der Waals surface area contributed by atoms with Crippen molar-refractivity contribution in [3.63, 3.8) is 0 Å². The number of rotatable bonds is 1. The minimum atomic E-state index is -0.522. The average molecular weight is 404 g/mol. The Balaban J connectivity index is 1.55. The molecule has 2 amide bonds. The Morgan fingerprint density at radius 2 is 1.81 bits per heavy atom. The number of hydrogen-bond acceptors (Lipinski definition) is 3. The molecule has 140 valence electrons. The van der Waals surface area contributed by atoms with Gasteiger partial charge in [-0.3, -0.25) is 9.59 Å². The number of nitrogens with zero attached hydrogens (tertiary/aromatic N) is 2. The van der Waals surface area contributed by atoms with Crippen LogP contribution in [0.5, 0.6) is 0 Å². The molecular formula is C20H19Cl2N3O2. The first-order chi connectivity index (χ1) is 12.9. The van der Waals surface area contributed by atoms with E-state index in [0.29, 0.717) is 47.1 Å². The molecule has 0 bridgehead atoms. The molecule has 1 fully saturated rings. The molecule has 2 aromatic carbocycles. The Morgan fingerprint density at radius 3 is 2.52 bits per heavy atom. The second-order valence-electron chi connectivity index (χ2n) is 6.98. The van der Waals surface area contributed by atoms with Crippen LogP contribution in [0.2, 0.25) is 10.0 Å². The van der Waals surface area contributed by atoms with Crippen LogP contribution in [-0.4, -0.2) is 47.4 Å². The third-order valence-corrected chi connectivity index (χ3v) is 6.07. The molecule has 2 heterocycles. The van der Waals surface area contributed by atoms with Gasteiger partial charge in [-0.25, -0.2) is 0 Å². The first-order valence-corrected chi connectivity index (χ1v) is 9.57. The van der Waals surface area contributed by atoms with E-state index in [9.17, 15) is 9.59 Å². The van der Waals surface area contributed by atoms with Crippen molar-refractivity contribution in [1.82, 2.24) is 9.80 Å². The first kappa shape index (κ1) is 18.1. The van der Waals surface area contributed by atoms with Crippen LogP contribution in [0.25, 0.3) is 0 Å². The maximum absolute atomic E-state index is 12.8. The summed E-state index contributed by atoms with van der Waals surface area (Å²) in [6, 6.07) is 12.3. The van der Waals surface area contributed by atoms with E-state index in [2.05, 4.69) is 5.32 Å². The maximum Gasteiger partial charge on any atom is 0.257 e. The van der Waals surface area contributed by atoms with Crippen LogP contribution in [0.15, 0.2) is 42.5 Å². The summed E-state index contributed by atoms with van der Waals surface area (Å²) in [6.07, 6.45) is 1.24. The molecule has 2 aliphatic heterocycles. The van der Waals surface area contributed by atoms with Crippen molar-refractivity contribution < 1.29 is 9.59 Å². The van der Waals surface area contributed by atoms with Crippen LogP contribution >= 0.6 is 23.2 Å². The molecule has 0 radical (unpaired) electrons. The first-order valence-electron chi connectivity index (χ1n) is 8.81. The Kier molecular flexibility index (Phi) is 4.52. The van der Waals surface area contributed by atoms with Gasteiger partial charge in [-0.2, -0.15) is 0 Å². The topological polar surface area (TPSA) is 52.7 Å². The van der Waals surface area contributed by atoms with Gasteiger partial charge in [0.25, 0.3) is 11.8 Å². The van der Waals surface area contributed by atoms with Crippen LogP contribution in [0.1, 0.15) is 33.6 Å². The lowest BCUT2D eigenvalue weighted by atomic mass is 9.90. The fraction of sp³-hybridized carbons (Fsp3) is 0.300. The summed E-state index contributed by atoms with van der Waals surface area (Å²) in [5.41, 5.74) is 1.35. The van der Waals surface area contributed by atoms with Crippen LogP contribution in [0, 0.1) is 0 Å². The number of carbonyl (C=O) groups is 2. The van der Waals surface area contributed by atoms with Crippen LogP contribution in [-0.2, 0) is 0 Å². The highest BCUT2D eigenvalue weighted by Crippen LogP contribution is 2.38. The number of nitrogens with one attached hydrogen (secondary N) is 1. The van der Waals surface area contributed by atoms with Crippen molar-refractivity contribution in [2.45, 2.75) is 18.5 Å². The van der Waals surface area contributed by atoms with Gasteiger partial charge in [-0.05, 0) is 30.3 Å². The highest BCUT2D eigenvalue weighted by molar-refractivity contribution is 6.33. The molecular weight excluding hydrogens is 385 g/mol. The Morgan fingerprint density at radius 1 is 1.11 bits per heavy atom. The Hall–Kier alpha value is -2.24. The third kappa shape index (κ3) is 3.05. The largest absolute Gasteiger partial charge is 0.362 e. The van der Waals surface area contributed by atoms with Gasteiger partial charge in [0.2, 0.25) is 0 Å². The standard InChI is InChI=1S/C20H19Cl2N3O2/c1-24-18(26)15-7-6-13(21)12-17(15)23-20(24)8-10-25(11-9-20)19(27)14-4-2-3-5-16(14)22/h2-7,12,23H,8-11H2,1H3. The molecule has 0 unspecified atom stereocenters. The molecule has 1 saturated heterocycles. The van der Waals surface area contributed by atoms with Gasteiger partial charge in [-0.15, -0.1) is 0 Å². The lowest BCUT2D eigenvalue weighted by Gasteiger charge is -2.50. The van der Waals surface area contributed by atoms with Gasteiger partial charge >= 0.3 is 0 Å². The molecule has 4 rings (SSSR count). The number of anilines is 1. The zero-order valence-corrected chi connectivity index (χ0v) is 16.3. The number of piperidine rings is 1. The number of carbonyl (C=O) groups excluding carboxylic acids is 2. The summed E-state index contributed by atoms with van der Waals surface area (Å²) in [7, 11) is 1.80. The van der Waals surface area contributed by atoms with Crippen LogP contribution in [0.4, 0.5) is 5.69 Å². The molecule has 2 aromatic rings. The second-order valence-corrected chi connectivity index (χ2v) is 7.83. The molecule has 27 heavy (non-hydrogen) atoms. The van der Waals surface area contributed by atoms with E-state index in [1.807, 2.05) is 0 Å². The molecule has 5 nitrogen and oxygen atoms in total. The van der Waals surface area contributed by atoms with Crippen molar-refractivity contribution in [3.05, 3.63) is 63.6 Å². The van der Waals surface area contributed by atoms with Gasteiger partial charge in [0.05, 0.1) is 21.8 Å². The molecule has 1 N–H and O–H groups in total. The van der Waals surface area contributed by atoms with E-state index >= 15 is 0 Å². The molecule has 1 spiro atoms. The normalized spacial score (nSPS) is 18.3. The Bertz CT molecular complexity index is 923. The molecule has 0 aliphatic carbocycles. The molecule has 7 heteroatoms. The fourth-order valence-electron chi connectivity index (χ4n) is 3.86. The van der Waals surface area contributed by atoms with Crippen LogP contribution in [0.3, 0.4) is 0 Å². The lowest BCUT2D eigenvalue weighted by Crippen LogP contribution is -2.63. The van der Waals surface area contributed by atoms with E-state index in [4.69, 9.17) is 23.2 Å². The second kappa shape index (κ2) is 6.73. The van der Waals surface area contributed by atoms with E-state index in [1.54, 1.807) is 59.3 Å². The van der Waals surface area contributed by atoms with Gasteiger partial charge < -0.3 is 15.1 Å². The number of hydrogen-bond donors (Lipinski definition) is 1. The van der Waals surface area contributed by atoms with Gasteiger partial charge in [0.15, 0.2) is 0 Å². The van der Waals surface area contributed by atoms with Crippen molar-refractivity contribution in [2.75, 3.05) is 25.5 Å². The quantitative estimate of drug-likeness (QED) is 0.778. The monoisotopic (exact) mass is 403 g/mol. The highest BCUT2D eigenvalue weighted by atomic mass is 35.5. The highest BCUT2D eigenvalue weighted by Gasteiger charge is 2.45. The minimum Gasteiger partial charge on any atom is -0.362 e. The van der Waals surface area contributed by atoms with E-state index in [-0.39, 0.29) is 11.8 Å².